The van der Waals surface area contributed by atoms with Crippen molar-refractivity contribution < 1.29 is 24.2 Å². The Morgan fingerprint density at radius 3 is 2.87 bits per heavy atom. The molecule has 0 radical (unpaired) electrons. The summed E-state index contributed by atoms with van der Waals surface area (Å²) in [5.74, 6) is -0.463. The molecule has 2 atom stereocenters. The molecule has 1 N–H and O–H groups in total. The number of aliphatic hydroxyl groups excluding tert-OH is 1. The van der Waals surface area contributed by atoms with E-state index in [1.165, 1.54) is 18.9 Å². The molecule has 0 spiro atoms. The van der Waals surface area contributed by atoms with Gasteiger partial charge in [0.2, 0.25) is 11.7 Å². The number of aliphatic hydroxyl groups is 1. The standard InChI is InChI=1S/C16H21NO5S/c1-16(2)13(19)12-9(17-7-5-4-6-11(17)18)8-10(14(20)21-3)22-15(12)23-16/h8-9,13,19H,4-7H2,1-3H3/t9-,13+/m0/s1. The lowest BCUT2D eigenvalue weighted by molar-refractivity contribution is -0.140. The fraction of sp³-hybridized carbons (Fsp3) is 0.625. The molecule has 3 rings (SSSR count). The van der Waals surface area contributed by atoms with E-state index in [0.29, 0.717) is 23.6 Å². The molecule has 7 heteroatoms. The van der Waals surface area contributed by atoms with Gasteiger partial charge in [-0.2, -0.15) is 0 Å². The number of piperidine rings is 1. The molecular weight excluding hydrogens is 318 g/mol. The van der Waals surface area contributed by atoms with E-state index >= 15 is 0 Å². The normalized spacial score (nSPS) is 29.8. The number of hydrogen-bond donors (Lipinski definition) is 1. The van der Waals surface area contributed by atoms with E-state index in [4.69, 9.17) is 9.47 Å². The van der Waals surface area contributed by atoms with Gasteiger partial charge in [-0.05, 0) is 32.8 Å². The number of esters is 1. The summed E-state index contributed by atoms with van der Waals surface area (Å²) in [6.07, 6.45) is 3.14. The van der Waals surface area contributed by atoms with Crippen molar-refractivity contribution >= 4 is 23.6 Å². The highest BCUT2D eigenvalue weighted by Crippen LogP contribution is 2.51. The third-order valence-electron chi connectivity index (χ3n) is 4.46. The largest absolute Gasteiger partial charge is 0.463 e. The van der Waals surface area contributed by atoms with Crippen molar-refractivity contribution in [1.82, 2.24) is 4.90 Å². The molecule has 3 aliphatic rings. The summed E-state index contributed by atoms with van der Waals surface area (Å²) in [7, 11) is 1.29. The predicted octanol–water partition coefficient (Wildman–Crippen LogP) is 1.55. The van der Waals surface area contributed by atoms with Gasteiger partial charge >= 0.3 is 5.97 Å². The molecule has 1 fully saturated rings. The molecule has 3 aliphatic heterocycles. The molecule has 0 aromatic heterocycles. The number of carbonyl (C=O) groups is 2. The minimum absolute atomic E-state index is 0.0392. The van der Waals surface area contributed by atoms with E-state index in [1.807, 2.05) is 13.8 Å². The van der Waals surface area contributed by atoms with Crippen LogP contribution in [0.15, 0.2) is 22.5 Å². The Hall–Kier alpha value is -1.47. The smallest absolute Gasteiger partial charge is 0.373 e. The van der Waals surface area contributed by atoms with E-state index in [9.17, 15) is 14.7 Å². The lowest BCUT2D eigenvalue weighted by atomic mass is 9.90. The first kappa shape index (κ1) is 16.4. The lowest BCUT2D eigenvalue weighted by Gasteiger charge is -2.37. The summed E-state index contributed by atoms with van der Waals surface area (Å²) in [6.45, 7) is 4.44. The first-order valence-electron chi connectivity index (χ1n) is 7.73. The van der Waals surface area contributed by atoms with E-state index in [0.717, 1.165) is 12.8 Å². The maximum atomic E-state index is 12.3. The van der Waals surface area contributed by atoms with Crippen LogP contribution >= 0.6 is 11.8 Å². The number of methoxy groups -OCH3 is 1. The second-order valence-corrected chi connectivity index (χ2v) is 8.09. The van der Waals surface area contributed by atoms with Crippen LogP contribution in [0, 0.1) is 0 Å². The first-order valence-corrected chi connectivity index (χ1v) is 8.55. The molecule has 0 aromatic rings. The SMILES string of the molecule is COC(=O)C1=C[C@H](N2CCCCC2=O)C2=C(O1)SC(C)(C)[C@@H]2O. The van der Waals surface area contributed by atoms with Crippen LogP contribution in [0.5, 0.6) is 0 Å². The second kappa shape index (κ2) is 5.87. The van der Waals surface area contributed by atoms with Gasteiger partial charge in [0.15, 0.2) is 5.09 Å². The van der Waals surface area contributed by atoms with E-state index in [1.54, 1.807) is 11.0 Å². The van der Waals surface area contributed by atoms with Crippen molar-refractivity contribution in [2.45, 2.75) is 50.0 Å². The molecule has 0 aromatic carbocycles. The maximum absolute atomic E-state index is 12.3. The topological polar surface area (TPSA) is 76.1 Å². The van der Waals surface area contributed by atoms with Crippen LogP contribution < -0.4 is 0 Å². The molecule has 126 valence electrons. The van der Waals surface area contributed by atoms with Crippen LogP contribution in [0.3, 0.4) is 0 Å². The first-order chi connectivity index (χ1) is 10.8. The summed E-state index contributed by atoms with van der Waals surface area (Å²) in [5, 5.41) is 11.2. The highest BCUT2D eigenvalue weighted by Gasteiger charge is 2.49. The predicted molar refractivity (Wildman–Crippen MR) is 85.2 cm³/mol. The Balaban J connectivity index is 2.00. The fourth-order valence-corrected chi connectivity index (χ4v) is 4.36. The zero-order chi connectivity index (χ0) is 16.8. The summed E-state index contributed by atoms with van der Waals surface area (Å²) in [4.78, 5) is 26.0. The molecule has 3 heterocycles. The molecule has 6 nitrogen and oxygen atoms in total. The van der Waals surface area contributed by atoms with Crippen LogP contribution in [-0.2, 0) is 19.1 Å². The van der Waals surface area contributed by atoms with Gasteiger partial charge in [0.1, 0.15) is 0 Å². The zero-order valence-electron chi connectivity index (χ0n) is 13.5. The van der Waals surface area contributed by atoms with Crippen molar-refractivity contribution in [1.29, 1.82) is 0 Å². The Kier molecular flexibility index (Phi) is 4.18. The third-order valence-corrected chi connectivity index (χ3v) is 5.71. The number of nitrogens with zero attached hydrogens (tertiary/aromatic N) is 1. The molecule has 0 saturated carbocycles. The van der Waals surface area contributed by atoms with Gasteiger partial charge in [0, 0.05) is 23.3 Å². The van der Waals surface area contributed by atoms with Gasteiger partial charge in [0.25, 0.3) is 0 Å². The highest BCUT2D eigenvalue weighted by atomic mass is 32.2. The molecule has 0 aliphatic carbocycles. The Morgan fingerprint density at radius 2 is 2.22 bits per heavy atom. The summed E-state index contributed by atoms with van der Waals surface area (Å²) in [6, 6.07) is -0.454. The summed E-state index contributed by atoms with van der Waals surface area (Å²) >= 11 is 1.38. The van der Waals surface area contributed by atoms with Crippen LogP contribution in [0.4, 0.5) is 0 Å². The molecule has 0 unspecified atom stereocenters. The van der Waals surface area contributed by atoms with Crippen LogP contribution in [0.25, 0.3) is 0 Å². The molecule has 23 heavy (non-hydrogen) atoms. The van der Waals surface area contributed by atoms with Gasteiger partial charge in [-0.15, -0.1) is 0 Å². The average molecular weight is 339 g/mol. The average Bonchev–Trinajstić information content (AvgIpc) is 2.75. The van der Waals surface area contributed by atoms with Crippen LogP contribution in [-0.4, -0.2) is 52.4 Å². The number of hydrogen-bond acceptors (Lipinski definition) is 6. The van der Waals surface area contributed by atoms with Crippen molar-refractivity contribution in [2.24, 2.45) is 0 Å². The number of likely N-dealkylation sites (tertiary alicyclic amines) is 1. The van der Waals surface area contributed by atoms with Crippen molar-refractivity contribution in [3.05, 3.63) is 22.5 Å². The Morgan fingerprint density at radius 1 is 1.48 bits per heavy atom. The zero-order valence-corrected chi connectivity index (χ0v) is 14.3. The van der Waals surface area contributed by atoms with Crippen molar-refractivity contribution in [3.63, 3.8) is 0 Å². The highest BCUT2D eigenvalue weighted by molar-refractivity contribution is 8.04. The van der Waals surface area contributed by atoms with Crippen LogP contribution in [0.2, 0.25) is 0 Å². The van der Waals surface area contributed by atoms with Gasteiger partial charge in [-0.3, -0.25) is 4.79 Å². The Bertz CT molecular complexity index is 610. The van der Waals surface area contributed by atoms with Gasteiger partial charge in [0.05, 0.1) is 19.3 Å². The number of ether oxygens (including phenoxy) is 2. The van der Waals surface area contributed by atoms with Gasteiger partial charge in [-0.25, -0.2) is 4.79 Å². The Labute approximate surface area is 139 Å². The fourth-order valence-electron chi connectivity index (χ4n) is 3.16. The molecule has 1 saturated heterocycles. The molecule has 1 amide bonds. The third kappa shape index (κ3) is 2.76. The van der Waals surface area contributed by atoms with Crippen molar-refractivity contribution in [3.8, 4) is 0 Å². The minimum atomic E-state index is -0.738. The molecular formula is C16H21NO5S. The second-order valence-electron chi connectivity index (χ2n) is 6.46. The van der Waals surface area contributed by atoms with Gasteiger partial charge < -0.3 is 19.5 Å². The van der Waals surface area contributed by atoms with Crippen molar-refractivity contribution in [2.75, 3.05) is 13.7 Å². The number of thioether (sulfide) groups is 1. The minimum Gasteiger partial charge on any atom is -0.463 e. The number of carbonyl (C=O) groups excluding carboxylic acids is 2. The maximum Gasteiger partial charge on any atom is 0.373 e. The lowest BCUT2D eigenvalue weighted by Crippen LogP contribution is -2.47. The quantitative estimate of drug-likeness (QED) is 0.770. The number of amides is 1. The van der Waals surface area contributed by atoms with E-state index in [-0.39, 0.29) is 11.7 Å². The summed E-state index contributed by atoms with van der Waals surface area (Å²) in [5.41, 5.74) is 0.669. The van der Waals surface area contributed by atoms with E-state index in [2.05, 4.69) is 0 Å². The van der Waals surface area contributed by atoms with E-state index < -0.39 is 22.9 Å². The van der Waals surface area contributed by atoms with Crippen LogP contribution in [0.1, 0.15) is 33.1 Å². The van der Waals surface area contributed by atoms with Gasteiger partial charge in [-0.1, -0.05) is 11.8 Å². The summed E-state index contributed by atoms with van der Waals surface area (Å²) < 4.78 is 9.93. The number of rotatable bonds is 2. The monoisotopic (exact) mass is 339 g/mol. The molecule has 0 bridgehead atoms.